The number of nitrogens with zero attached hydrogens (tertiary/aromatic N) is 2. The molecule has 1 aliphatic rings. The minimum atomic E-state index is -1.02. The molecule has 1 unspecified atom stereocenters. The molecule has 1 atom stereocenters. The van der Waals surface area contributed by atoms with Crippen molar-refractivity contribution in [3.63, 3.8) is 0 Å². The molecule has 0 bridgehead atoms. The lowest BCUT2D eigenvalue weighted by Gasteiger charge is -2.19. The number of carbonyl (C=O) groups excluding carboxylic acids is 1. The minimum absolute atomic E-state index is 0.0530. The third-order valence-corrected chi connectivity index (χ3v) is 5.23. The van der Waals surface area contributed by atoms with E-state index in [1.807, 2.05) is 36.4 Å². The fourth-order valence-corrected chi connectivity index (χ4v) is 3.91. The van der Waals surface area contributed by atoms with E-state index in [2.05, 4.69) is 22.5 Å². The van der Waals surface area contributed by atoms with Gasteiger partial charge in [0.2, 0.25) is 0 Å². The molecule has 29 heavy (non-hydrogen) atoms. The normalized spacial score (nSPS) is 13.4. The van der Waals surface area contributed by atoms with Gasteiger partial charge < -0.3 is 15.2 Å². The number of hydrogen-bond donors (Lipinski definition) is 2. The lowest BCUT2D eigenvalue weighted by atomic mass is 9.98. The maximum atomic E-state index is 12.5. The maximum Gasteiger partial charge on any atom is 0.407 e. The molecule has 0 aliphatic heterocycles. The molecule has 7 nitrogen and oxygen atoms in total. The van der Waals surface area contributed by atoms with Crippen LogP contribution in [-0.4, -0.2) is 33.6 Å². The van der Waals surface area contributed by atoms with E-state index < -0.39 is 18.1 Å². The van der Waals surface area contributed by atoms with E-state index >= 15 is 0 Å². The molecule has 1 amide bonds. The number of carboxylic acid groups (broad SMARTS) is 1. The Hall–Kier alpha value is -3.61. The predicted octanol–water partition coefficient (Wildman–Crippen LogP) is 3.47. The standard InChI is InChI=1S/C22H21N3O4/c1-25-20(10-11-23-25)19(12-21(26)27)24-22(28)29-13-18-16-8-4-2-6-14(16)15-7-3-5-9-17(15)18/h2-11,18-19H,12-13H2,1H3,(H,24,28)(H,26,27). The van der Waals surface area contributed by atoms with E-state index in [1.165, 1.54) is 4.68 Å². The number of carbonyl (C=O) groups is 2. The van der Waals surface area contributed by atoms with Crippen molar-refractivity contribution in [3.8, 4) is 11.1 Å². The van der Waals surface area contributed by atoms with Crippen molar-refractivity contribution in [1.82, 2.24) is 15.1 Å². The summed E-state index contributed by atoms with van der Waals surface area (Å²) in [4.78, 5) is 23.7. The highest BCUT2D eigenvalue weighted by molar-refractivity contribution is 5.79. The Balaban J connectivity index is 1.48. The molecule has 1 aliphatic carbocycles. The minimum Gasteiger partial charge on any atom is -0.481 e. The molecule has 148 valence electrons. The van der Waals surface area contributed by atoms with Crippen molar-refractivity contribution in [3.05, 3.63) is 77.6 Å². The van der Waals surface area contributed by atoms with Crippen LogP contribution >= 0.6 is 0 Å². The molecule has 0 fully saturated rings. The van der Waals surface area contributed by atoms with Gasteiger partial charge in [-0.2, -0.15) is 5.10 Å². The first kappa shape index (κ1) is 18.7. The topological polar surface area (TPSA) is 93.5 Å². The Morgan fingerprint density at radius 3 is 2.28 bits per heavy atom. The molecule has 4 rings (SSSR count). The van der Waals surface area contributed by atoms with E-state index in [4.69, 9.17) is 4.74 Å². The number of fused-ring (bicyclic) bond motifs is 3. The van der Waals surface area contributed by atoms with Crippen LogP contribution in [0.3, 0.4) is 0 Å². The molecule has 0 spiro atoms. The van der Waals surface area contributed by atoms with Crippen LogP contribution in [0.15, 0.2) is 60.8 Å². The largest absolute Gasteiger partial charge is 0.481 e. The molecule has 0 saturated carbocycles. The predicted molar refractivity (Wildman–Crippen MR) is 106 cm³/mol. The van der Waals surface area contributed by atoms with Crippen LogP contribution < -0.4 is 5.32 Å². The maximum absolute atomic E-state index is 12.5. The van der Waals surface area contributed by atoms with Gasteiger partial charge in [0.05, 0.1) is 18.2 Å². The Morgan fingerprint density at radius 1 is 1.10 bits per heavy atom. The van der Waals surface area contributed by atoms with E-state index in [0.717, 1.165) is 22.3 Å². The van der Waals surface area contributed by atoms with Crippen molar-refractivity contribution in [2.75, 3.05) is 6.61 Å². The monoisotopic (exact) mass is 391 g/mol. The van der Waals surface area contributed by atoms with Crippen molar-refractivity contribution >= 4 is 12.1 Å². The van der Waals surface area contributed by atoms with Gasteiger partial charge in [0, 0.05) is 19.2 Å². The van der Waals surface area contributed by atoms with Crippen LogP contribution in [0, 0.1) is 0 Å². The smallest absolute Gasteiger partial charge is 0.407 e. The Bertz CT molecular complexity index is 1010. The number of rotatable bonds is 6. The van der Waals surface area contributed by atoms with Crippen LogP contribution in [0.25, 0.3) is 11.1 Å². The molecule has 1 heterocycles. The molecule has 3 aromatic rings. The summed E-state index contributed by atoms with van der Waals surface area (Å²) in [6, 6.07) is 17.1. The Labute approximate surface area is 167 Å². The number of ether oxygens (including phenoxy) is 1. The molecule has 0 radical (unpaired) electrons. The van der Waals surface area contributed by atoms with Gasteiger partial charge in [0.25, 0.3) is 0 Å². The first-order chi connectivity index (χ1) is 14.0. The average Bonchev–Trinajstić information content (AvgIpc) is 3.27. The molecule has 2 N–H and O–H groups in total. The Morgan fingerprint density at radius 2 is 1.72 bits per heavy atom. The van der Waals surface area contributed by atoms with Crippen molar-refractivity contribution in [1.29, 1.82) is 0 Å². The SMILES string of the molecule is Cn1nccc1C(CC(=O)O)NC(=O)OCC1c2ccccc2-c2ccccc21. The van der Waals surface area contributed by atoms with Crippen LogP contribution in [-0.2, 0) is 16.6 Å². The number of aromatic nitrogens is 2. The molecule has 0 saturated heterocycles. The van der Waals surface area contributed by atoms with Gasteiger partial charge in [-0.05, 0) is 28.3 Å². The summed E-state index contributed by atoms with van der Waals surface area (Å²) in [5, 5.41) is 15.9. The zero-order valence-electron chi connectivity index (χ0n) is 15.9. The third-order valence-electron chi connectivity index (χ3n) is 5.23. The van der Waals surface area contributed by atoms with Gasteiger partial charge in [-0.3, -0.25) is 9.48 Å². The number of alkyl carbamates (subject to hydrolysis) is 1. The second-order valence-electron chi connectivity index (χ2n) is 7.00. The highest BCUT2D eigenvalue weighted by Crippen LogP contribution is 2.44. The number of carboxylic acids is 1. The van der Waals surface area contributed by atoms with Crippen LogP contribution in [0.4, 0.5) is 4.79 Å². The van der Waals surface area contributed by atoms with E-state index in [1.54, 1.807) is 19.3 Å². The van der Waals surface area contributed by atoms with Gasteiger partial charge in [0.1, 0.15) is 6.61 Å². The zero-order chi connectivity index (χ0) is 20.4. The Kier molecular flexibility index (Phi) is 5.03. The number of benzene rings is 2. The molecular formula is C22H21N3O4. The summed E-state index contributed by atoms with van der Waals surface area (Å²) >= 11 is 0. The van der Waals surface area contributed by atoms with Gasteiger partial charge >= 0.3 is 12.1 Å². The van der Waals surface area contributed by atoms with Crippen LogP contribution in [0.1, 0.15) is 35.2 Å². The summed E-state index contributed by atoms with van der Waals surface area (Å²) in [7, 11) is 1.70. The zero-order valence-corrected chi connectivity index (χ0v) is 15.9. The van der Waals surface area contributed by atoms with Gasteiger partial charge in [-0.15, -0.1) is 0 Å². The highest BCUT2D eigenvalue weighted by Gasteiger charge is 2.29. The summed E-state index contributed by atoms with van der Waals surface area (Å²) in [6.07, 6.45) is 0.646. The first-order valence-electron chi connectivity index (χ1n) is 9.36. The fourth-order valence-electron chi connectivity index (χ4n) is 3.91. The lowest BCUT2D eigenvalue weighted by Crippen LogP contribution is -2.32. The molecular weight excluding hydrogens is 370 g/mol. The second-order valence-corrected chi connectivity index (χ2v) is 7.00. The lowest BCUT2D eigenvalue weighted by molar-refractivity contribution is -0.137. The average molecular weight is 391 g/mol. The number of hydrogen-bond acceptors (Lipinski definition) is 4. The molecule has 1 aromatic heterocycles. The fraction of sp³-hybridized carbons (Fsp3) is 0.227. The quantitative estimate of drug-likeness (QED) is 0.671. The van der Waals surface area contributed by atoms with E-state index in [9.17, 15) is 14.7 Å². The molecule has 7 heteroatoms. The summed E-state index contributed by atoms with van der Waals surface area (Å²) in [5.74, 6) is -1.07. The van der Waals surface area contributed by atoms with Gasteiger partial charge in [-0.1, -0.05) is 48.5 Å². The summed E-state index contributed by atoms with van der Waals surface area (Å²) in [6.45, 7) is 0.172. The van der Waals surface area contributed by atoms with E-state index in [0.29, 0.717) is 5.69 Å². The highest BCUT2D eigenvalue weighted by atomic mass is 16.5. The van der Waals surface area contributed by atoms with Crippen LogP contribution in [0.5, 0.6) is 0 Å². The van der Waals surface area contributed by atoms with E-state index in [-0.39, 0.29) is 18.9 Å². The third kappa shape index (κ3) is 3.71. The number of aryl methyl sites for hydroxylation is 1. The second kappa shape index (κ2) is 7.79. The van der Waals surface area contributed by atoms with Crippen LogP contribution in [0.2, 0.25) is 0 Å². The van der Waals surface area contributed by atoms with Gasteiger partial charge in [0.15, 0.2) is 0 Å². The molecule has 2 aromatic carbocycles. The van der Waals surface area contributed by atoms with Crippen molar-refractivity contribution in [2.24, 2.45) is 7.05 Å². The van der Waals surface area contributed by atoms with Crippen molar-refractivity contribution < 1.29 is 19.4 Å². The van der Waals surface area contributed by atoms with Gasteiger partial charge in [-0.25, -0.2) is 4.79 Å². The number of nitrogens with one attached hydrogen (secondary N) is 1. The summed E-state index contributed by atoms with van der Waals surface area (Å²) < 4.78 is 7.06. The first-order valence-corrected chi connectivity index (χ1v) is 9.36. The summed E-state index contributed by atoms with van der Waals surface area (Å²) in [5.41, 5.74) is 5.14. The van der Waals surface area contributed by atoms with Crippen molar-refractivity contribution in [2.45, 2.75) is 18.4 Å². The number of aliphatic carboxylic acids is 1. The number of amides is 1.